The summed E-state index contributed by atoms with van der Waals surface area (Å²) < 4.78 is 0. The molecule has 0 amide bonds. The highest BCUT2D eigenvalue weighted by Crippen LogP contribution is 2.24. The van der Waals surface area contributed by atoms with E-state index < -0.39 is 0 Å². The maximum atomic E-state index is 5.61. The number of H-pyrrole nitrogens is 1. The third-order valence-electron chi connectivity index (χ3n) is 2.33. The summed E-state index contributed by atoms with van der Waals surface area (Å²) in [5, 5.41) is 0. The van der Waals surface area contributed by atoms with Crippen molar-refractivity contribution in [1.82, 2.24) is 9.97 Å². The van der Waals surface area contributed by atoms with E-state index in [1.807, 2.05) is 32.6 Å². The molecule has 0 fully saturated rings. The van der Waals surface area contributed by atoms with Gasteiger partial charge in [-0.15, -0.1) is 0 Å². The van der Waals surface area contributed by atoms with Crippen molar-refractivity contribution in [1.29, 1.82) is 0 Å². The quantitative estimate of drug-likeness (QED) is 0.745. The normalized spacial score (nSPS) is 10.8. The Morgan fingerprint density at radius 1 is 1.50 bits per heavy atom. The van der Waals surface area contributed by atoms with Gasteiger partial charge in [0.15, 0.2) is 0 Å². The molecule has 2 aromatic heterocycles. The highest BCUT2D eigenvalue weighted by atomic mass is 15.1. The Labute approximate surface area is 82.7 Å². The molecular weight excluding hydrogens is 176 g/mol. The maximum Gasteiger partial charge on any atom is 0.0945 e. The Morgan fingerprint density at radius 2 is 2.29 bits per heavy atom. The number of hydrogen-bond donors (Lipinski definition) is 2. The minimum atomic E-state index is 0.518. The summed E-state index contributed by atoms with van der Waals surface area (Å²) in [6.45, 7) is 0.518. The molecule has 2 aromatic rings. The molecule has 4 heteroatoms. The Hall–Kier alpha value is -1.55. The number of aromatic amines is 1. The van der Waals surface area contributed by atoms with E-state index in [2.05, 4.69) is 14.9 Å². The summed E-state index contributed by atoms with van der Waals surface area (Å²) >= 11 is 0. The molecule has 0 atom stereocenters. The van der Waals surface area contributed by atoms with Crippen molar-refractivity contribution in [2.24, 2.45) is 5.73 Å². The van der Waals surface area contributed by atoms with Crippen molar-refractivity contribution in [3.63, 3.8) is 0 Å². The van der Waals surface area contributed by atoms with Gasteiger partial charge in [-0.1, -0.05) is 0 Å². The Morgan fingerprint density at radius 3 is 2.93 bits per heavy atom. The zero-order chi connectivity index (χ0) is 10.1. The molecule has 2 heterocycles. The fourth-order valence-electron chi connectivity index (χ4n) is 1.59. The van der Waals surface area contributed by atoms with E-state index in [-0.39, 0.29) is 0 Å². The number of rotatable bonds is 2. The molecule has 0 aromatic carbocycles. The van der Waals surface area contributed by atoms with Gasteiger partial charge in [0, 0.05) is 38.6 Å². The van der Waals surface area contributed by atoms with Crippen LogP contribution in [-0.4, -0.2) is 24.1 Å². The molecule has 0 aliphatic carbocycles. The van der Waals surface area contributed by atoms with Crippen LogP contribution >= 0.6 is 0 Å². The number of pyridine rings is 1. The van der Waals surface area contributed by atoms with Gasteiger partial charge in [0.05, 0.1) is 16.7 Å². The van der Waals surface area contributed by atoms with Crippen molar-refractivity contribution in [2.75, 3.05) is 19.0 Å². The van der Waals surface area contributed by atoms with Crippen LogP contribution in [0.1, 0.15) is 5.56 Å². The minimum absolute atomic E-state index is 0.518. The lowest BCUT2D eigenvalue weighted by Crippen LogP contribution is -2.09. The van der Waals surface area contributed by atoms with Crippen LogP contribution in [0.25, 0.3) is 11.0 Å². The topological polar surface area (TPSA) is 57.9 Å². The lowest BCUT2D eigenvalue weighted by Gasteiger charge is -2.12. The lowest BCUT2D eigenvalue weighted by atomic mass is 10.2. The summed E-state index contributed by atoms with van der Waals surface area (Å²) in [6.07, 6.45) is 3.73. The Bertz CT molecular complexity index is 444. The molecule has 3 N–H and O–H groups in total. The first-order chi connectivity index (χ1) is 6.74. The number of anilines is 1. The van der Waals surface area contributed by atoms with Gasteiger partial charge < -0.3 is 15.6 Å². The average Bonchev–Trinajstić information content (AvgIpc) is 2.59. The van der Waals surface area contributed by atoms with Crippen molar-refractivity contribution in [3.8, 4) is 0 Å². The maximum absolute atomic E-state index is 5.61. The molecule has 0 bridgehead atoms. The fourth-order valence-corrected chi connectivity index (χ4v) is 1.59. The van der Waals surface area contributed by atoms with Gasteiger partial charge in [-0.25, -0.2) is 0 Å². The van der Waals surface area contributed by atoms with Gasteiger partial charge in [0.2, 0.25) is 0 Å². The monoisotopic (exact) mass is 190 g/mol. The van der Waals surface area contributed by atoms with E-state index in [0.29, 0.717) is 6.54 Å². The van der Waals surface area contributed by atoms with Gasteiger partial charge in [-0.3, -0.25) is 4.98 Å². The van der Waals surface area contributed by atoms with Crippen LogP contribution in [0.4, 0.5) is 5.69 Å². The molecule has 0 aliphatic heterocycles. The van der Waals surface area contributed by atoms with E-state index in [9.17, 15) is 0 Å². The van der Waals surface area contributed by atoms with Crippen LogP contribution in [-0.2, 0) is 6.54 Å². The number of aromatic nitrogens is 2. The van der Waals surface area contributed by atoms with Crippen LogP contribution in [0.15, 0.2) is 18.5 Å². The van der Waals surface area contributed by atoms with Crippen molar-refractivity contribution >= 4 is 16.7 Å². The van der Waals surface area contributed by atoms with Crippen molar-refractivity contribution in [3.05, 3.63) is 24.0 Å². The standard InChI is InChI=1S/C10H14N4/c1-14(2)8-3-4-12-9-7(5-11)6-13-10(8)9/h3-4,6,13H,5,11H2,1-2H3. The third kappa shape index (κ3) is 1.24. The molecule has 0 radical (unpaired) electrons. The van der Waals surface area contributed by atoms with Crippen molar-refractivity contribution < 1.29 is 0 Å². The van der Waals surface area contributed by atoms with Crippen molar-refractivity contribution in [2.45, 2.75) is 6.54 Å². The van der Waals surface area contributed by atoms with Crippen LogP contribution in [0.5, 0.6) is 0 Å². The summed E-state index contributed by atoms with van der Waals surface area (Å²) in [7, 11) is 4.02. The Kier molecular flexibility index (Phi) is 2.13. The van der Waals surface area contributed by atoms with Gasteiger partial charge in [0.25, 0.3) is 0 Å². The van der Waals surface area contributed by atoms with Gasteiger partial charge in [-0.2, -0.15) is 0 Å². The predicted octanol–water partition coefficient (Wildman–Crippen LogP) is 1.09. The van der Waals surface area contributed by atoms with E-state index in [0.717, 1.165) is 22.3 Å². The zero-order valence-electron chi connectivity index (χ0n) is 8.41. The van der Waals surface area contributed by atoms with Crippen LogP contribution in [0, 0.1) is 0 Å². The SMILES string of the molecule is CN(C)c1ccnc2c(CN)c[nH]c12. The van der Waals surface area contributed by atoms with E-state index in [1.165, 1.54) is 0 Å². The summed E-state index contributed by atoms with van der Waals surface area (Å²) in [5.41, 5.74) is 9.83. The molecule has 0 aliphatic rings. The second kappa shape index (κ2) is 3.31. The summed E-state index contributed by atoms with van der Waals surface area (Å²) in [4.78, 5) is 9.58. The third-order valence-corrected chi connectivity index (χ3v) is 2.33. The molecule has 14 heavy (non-hydrogen) atoms. The van der Waals surface area contributed by atoms with E-state index in [1.54, 1.807) is 0 Å². The van der Waals surface area contributed by atoms with E-state index >= 15 is 0 Å². The molecule has 74 valence electrons. The van der Waals surface area contributed by atoms with Gasteiger partial charge >= 0.3 is 0 Å². The van der Waals surface area contributed by atoms with Gasteiger partial charge in [-0.05, 0) is 6.07 Å². The van der Waals surface area contributed by atoms with Gasteiger partial charge in [0.1, 0.15) is 0 Å². The molecule has 0 saturated carbocycles. The Balaban J connectivity index is 2.70. The highest BCUT2D eigenvalue weighted by Gasteiger charge is 2.08. The molecule has 0 unspecified atom stereocenters. The number of hydrogen-bond acceptors (Lipinski definition) is 3. The van der Waals surface area contributed by atoms with E-state index in [4.69, 9.17) is 5.73 Å². The largest absolute Gasteiger partial charge is 0.376 e. The van der Waals surface area contributed by atoms with Crippen LogP contribution in [0.3, 0.4) is 0 Å². The smallest absolute Gasteiger partial charge is 0.0945 e. The molecule has 2 rings (SSSR count). The molecular formula is C10H14N4. The second-order valence-electron chi connectivity index (χ2n) is 3.47. The fraction of sp³-hybridized carbons (Fsp3) is 0.300. The highest BCUT2D eigenvalue weighted by molar-refractivity contribution is 5.90. The average molecular weight is 190 g/mol. The molecule has 0 saturated heterocycles. The lowest BCUT2D eigenvalue weighted by molar-refractivity contribution is 1.08. The number of nitrogens with two attached hydrogens (primary N) is 1. The molecule has 0 spiro atoms. The first kappa shape index (κ1) is 9.02. The predicted molar refractivity (Wildman–Crippen MR) is 58.3 cm³/mol. The first-order valence-corrected chi connectivity index (χ1v) is 4.56. The zero-order valence-corrected chi connectivity index (χ0v) is 8.41. The van der Waals surface area contributed by atoms with Crippen LogP contribution in [0.2, 0.25) is 0 Å². The number of fused-ring (bicyclic) bond motifs is 1. The molecule has 4 nitrogen and oxygen atoms in total. The number of nitrogens with zero attached hydrogens (tertiary/aromatic N) is 2. The second-order valence-corrected chi connectivity index (χ2v) is 3.47. The summed E-state index contributed by atoms with van der Waals surface area (Å²) in [6, 6.07) is 1.99. The summed E-state index contributed by atoms with van der Waals surface area (Å²) in [5.74, 6) is 0. The first-order valence-electron chi connectivity index (χ1n) is 4.56. The number of nitrogens with one attached hydrogen (secondary N) is 1. The van der Waals surface area contributed by atoms with Crippen LogP contribution < -0.4 is 10.6 Å². The minimum Gasteiger partial charge on any atom is -0.376 e.